The molecule has 1 heterocycles. The van der Waals surface area contributed by atoms with E-state index in [1.165, 1.54) is 6.20 Å². The number of carboxylic acids is 1. The summed E-state index contributed by atoms with van der Waals surface area (Å²) in [5.41, 5.74) is 5.63. The highest BCUT2D eigenvalue weighted by atomic mass is 16.4. The molecule has 1 aromatic heterocycles. The highest BCUT2D eigenvalue weighted by molar-refractivity contribution is 5.85. The van der Waals surface area contributed by atoms with Gasteiger partial charge in [-0.2, -0.15) is 0 Å². The van der Waals surface area contributed by atoms with Crippen molar-refractivity contribution in [2.75, 3.05) is 0 Å². The van der Waals surface area contributed by atoms with Crippen molar-refractivity contribution >= 4 is 11.9 Å². The van der Waals surface area contributed by atoms with Gasteiger partial charge in [0, 0.05) is 12.0 Å². The van der Waals surface area contributed by atoms with Gasteiger partial charge in [-0.15, -0.1) is 0 Å². The van der Waals surface area contributed by atoms with E-state index in [2.05, 4.69) is 15.7 Å². The van der Waals surface area contributed by atoms with Crippen LogP contribution in [0.1, 0.15) is 23.8 Å². The maximum absolute atomic E-state index is 10.6. The van der Waals surface area contributed by atoms with E-state index in [0.717, 1.165) is 5.56 Å². The van der Waals surface area contributed by atoms with E-state index in [0.29, 0.717) is 12.2 Å². The average Bonchev–Trinajstić information content (AvgIpc) is 2.90. The first kappa shape index (κ1) is 14.4. The topological polar surface area (TPSA) is 109 Å². The molecule has 0 unspecified atom stereocenters. The van der Waals surface area contributed by atoms with Gasteiger partial charge in [0.2, 0.25) is 5.91 Å². The predicted octanol–water partition coefficient (Wildman–Crippen LogP) is 1.66. The standard InChI is InChI=1S/C10H8N2O2.C3H7NO/c13-10(14)8-6-11-9(12-8)7-4-2-1-3-5-7;1-2-3(4)5/h1-6H,(H,11,12)(H,13,14);2H2,1H3,(H2,4,5). The van der Waals surface area contributed by atoms with Crippen molar-refractivity contribution in [3.8, 4) is 11.4 Å². The van der Waals surface area contributed by atoms with E-state index in [1.54, 1.807) is 6.92 Å². The van der Waals surface area contributed by atoms with E-state index in [4.69, 9.17) is 5.11 Å². The van der Waals surface area contributed by atoms with Crippen LogP contribution in [0.2, 0.25) is 0 Å². The van der Waals surface area contributed by atoms with Gasteiger partial charge in [-0.25, -0.2) is 9.78 Å². The molecular weight excluding hydrogens is 246 g/mol. The third kappa shape index (κ3) is 4.63. The summed E-state index contributed by atoms with van der Waals surface area (Å²) in [4.78, 5) is 26.9. The van der Waals surface area contributed by atoms with E-state index in [1.807, 2.05) is 30.3 Å². The van der Waals surface area contributed by atoms with Crippen LogP contribution in [0.3, 0.4) is 0 Å². The molecule has 0 radical (unpaired) electrons. The third-order valence-electron chi connectivity index (χ3n) is 2.20. The lowest BCUT2D eigenvalue weighted by atomic mass is 10.2. The lowest BCUT2D eigenvalue weighted by Crippen LogP contribution is -2.06. The van der Waals surface area contributed by atoms with Gasteiger partial charge in [0.1, 0.15) is 11.5 Å². The molecule has 0 atom stereocenters. The zero-order valence-electron chi connectivity index (χ0n) is 10.5. The summed E-state index contributed by atoms with van der Waals surface area (Å²) in [6.07, 6.45) is 1.75. The fourth-order valence-corrected chi connectivity index (χ4v) is 1.17. The second-order valence-corrected chi connectivity index (χ2v) is 3.64. The minimum absolute atomic E-state index is 0.101. The van der Waals surface area contributed by atoms with Crippen LogP contribution in [0.25, 0.3) is 11.4 Å². The molecule has 1 aromatic carbocycles. The molecular formula is C13H15N3O3. The number of carbonyl (C=O) groups is 2. The fraction of sp³-hybridized carbons (Fsp3) is 0.154. The number of nitrogens with one attached hydrogen (secondary N) is 1. The first-order valence-electron chi connectivity index (χ1n) is 5.66. The van der Waals surface area contributed by atoms with Crippen LogP contribution in [0.15, 0.2) is 36.5 Å². The van der Waals surface area contributed by atoms with Crippen molar-refractivity contribution in [1.82, 2.24) is 9.97 Å². The van der Waals surface area contributed by atoms with Gasteiger partial charge in [-0.1, -0.05) is 37.3 Å². The normalized spacial score (nSPS) is 9.32. The number of hydrogen-bond donors (Lipinski definition) is 3. The van der Waals surface area contributed by atoms with Gasteiger partial charge in [-0.05, 0) is 0 Å². The van der Waals surface area contributed by atoms with Gasteiger partial charge < -0.3 is 15.8 Å². The van der Waals surface area contributed by atoms with Crippen molar-refractivity contribution < 1.29 is 14.7 Å². The molecule has 0 aliphatic rings. The molecule has 2 rings (SSSR count). The molecule has 0 bridgehead atoms. The molecule has 6 heteroatoms. The number of aromatic nitrogens is 2. The Morgan fingerprint density at radius 2 is 1.89 bits per heavy atom. The molecule has 0 saturated heterocycles. The van der Waals surface area contributed by atoms with Gasteiger partial charge >= 0.3 is 5.97 Å². The van der Waals surface area contributed by atoms with Gasteiger partial charge in [0.15, 0.2) is 0 Å². The Hall–Kier alpha value is -2.63. The van der Waals surface area contributed by atoms with Gasteiger partial charge in [0.25, 0.3) is 0 Å². The number of primary amides is 1. The number of aromatic amines is 1. The monoisotopic (exact) mass is 261 g/mol. The Bertz CT molecular complexity index is 549. The SMILES string of the molecule is CCC(N)=O.O=C(O)c1cnc(-c2ccccc2)[nH]1. The van der Waals surface area contributed by atoms with Crippen molar-refractivity contribution in [2.24, 2.45) is 5.73 Å². The molecule has 0 aliphatic heterocycles. The number of nitrogens with zero attached hydrogens (tertiary/aromatic N) is 1. The number of amides is 1. The van der Waals surface area contributed by atoms with Gasteiger partial charge in [0.05, 0.1) is 6.20 Å². The Balaban J connectivity index is 0.000000312. The van der Waals surface area contributed by atoms with Crippen molar-refractivity contribution in [2.45, 2.75) is 13.3 Å². The number of hydrogen-bond acceptors (Lipinski definition) is 3. The first-order valence-corrected chi connectivity index (χ1v) is 5.66. The summed E-state index contributed by atoms with van der Waals surface area (Å²) in [7, 11) is 0. The number of rotatable bonds is 3. The predicted molar refractivity (Wildman–Crippen MR) is 70.5 cm³/mol. The smallest absolute Gasteiger partial charge is 0.353 e. The van der Waals surface area contributed by atoms with E-state index < -0.39 is 5.97 Å². The molecule has 6 nitrogen and oxygen atoms in total. The average molecular weight is 261 g/mol. The minimum Gasteiger partial charge on any atom is -0.477 e. The van der Waals surface area contributed by atoms with Crippen molar-refractivity contribution in [3.05, 3.63) is 42.2 Å². The maximum Gasteiger partial charge on any atom is 0.353 e. The second kappa shape index (κ2) is 6.95. The molecule has 100 valence electrons. The largest absolute Gasteiger partial charge is 0.477 e. The Morgan fingerprint density at radius 1 is 1.32 bits per heavy atom. The van der Waals surface area contributed by atoms with E-state index in [-0.39, 0.29) is 11.6 Å². The molecule has 2 aromatic rings. The van der Waals surface area contributed by atoms with Gasteiger partial charge in [-0.3, -0.25) is 4.79 Å². The van der Waals surface area contributed by atoms with Crippen molar-refractivity contribution in [3.63, 3.8) is 0 Å². The van der Waals surface area contributed by atoms with E-state index >= 15 is 0 Å². The number of aromatic carboxylic acids is 1. The fourth-order valence-electron chi connectivity index (χ4n) is 1.17. The summed E-state index contributed by atoms with van der Waals surface area (Å²) in [5, 5.41) is 8.67. The van der Waals surface area contributed by atoms with Crippen LogP contribution in [0.5, 0.6) is 0 Å². The first-order chi connectivity index (χ1) is 9.04. The number of H-pyrrole nitrogens is 1. The summed E-state index contributed by atoms with van der Waals surface area (Å²) >= 11 is 0. The second-order valence-electron chi connectivity index (χ2n) is 3.64. The molecule has 0 aliphatic carbocycles. The lowest BCUT2D eigenvalue weighted by molar-refractivity contribution is -0.117. The summed E-state index contributed by atoms with van der Waals surface area (Å²) < 4.78 is 0. The summed E-state index contributed by atoms with van der Waals surface area (Å²) in [6, 6.07) is 9.37. The van der Waals surface area contributed by atoms with Crippen LogP contribution in [-0.4, -0.2) is 27.0 Å². The molecule has 0 fully saturated rings. The van der Waals surface area contributed by atoms with E-state index in [9.17, 15) is 9.59 Å². The number of benzene rings is 1. The van der Waals surface area contributed by atoms with Crippen LogP contribution in [0, 0.1) is 0 Å². The number of nitrogens with two attached hydrogens (primary N) is 1. The quantitative estimate of drug-likeness (QED) is 0.780. The van der Waals surface area contributed by atoms with Crippen LogP contribution in [-0.2, 0) is 4.79 Å². The Kier molecular flexibility index (Phi) is 5.28. The number of carbonyl (C=O) groups excluding carboxylic acids is 1. The third-order valence-corrected chi connectivity index (χ3v) is 2.20. The Morgan fingerprint density at radius 3 is 2.32 bits per heavy atom. The summed E-state index contributed by atoms with van der Waals surface area (Å²) in [5.74, 6) is -0.673. The Labute approximate surface area is 110 Å². The highest BCUT2D eigenvalue weighted by Gasteiger charge is 2.07. The highest BCUT2D eigenvalue weighted by Crippen LogP contribution is 2.14. The lowest BCUT2D eigenvalue weighted by Gasteiger charge is -1.93. The maximum atomic E-state index is 10.6. The van der Waals surface area contributed by atoms with Crippen LogP contribution in [0.4, 0.5) is 0 Å². The number of carboxylic acid groups (broad SMARTS) is 1. The molecule has 1 amide bonds. The number of imidazole rings is 1. The van der Waals surface area contributed by atoms with Crippen molar-refractivity contribution in [1.29, 1.82) is 0 Å². The molecule has 4 N–H and O–H groups in total. The zero-order valence-corrected chi connectivity index (χ0v) is 10.5. The zero-order chi connectivity index (χ0) is 14.3. The molecule has 0 spiro atoms. The van der Waals surface area contributed by atoms with Crippen LogP contribution >= 0.6 is 0 Å². The molecule has 19 heavy (non-hydrogen) atoms. The summed E-state index contributed by atoms with van der Waals surface area (Å²) in [6.45, 7) is 1.72. The van der Waals surface area contributed by atoms with Crippen LogP contribution < -0.4 is 5.73 Å². The minimum atomic E-state index is -1.00. The molecule has 0 saturated carbocycles.